The lowest BCUT2D eigenvalue weighted by molar-refractivity contribution is 0.259. The molecule has 2 amide bonds. The van der Waals surface area contributed by atoms with Gasteiger partial charge in [-0.15, -0.1) is 0 Å². The summed E-state index contributed by atoms with van der Waals surface area (Å²) < 4.78 is 1.79. The number of hydrogen-bond acceptors (Lipinski definition) is 3. The van der Waals surface area contributed by atoms with Crippen molar-refractivity contribution in [2.45, 2.75) is 25.2 Å². The van der Waals surface area contributed by atoms with Crippen LogP contribution in [0.15, 0.2) is 18.5 Å². The molecule has 6 heteroatoms. The molecule has 2 aromatic heterocycles. The Kier molecular flexibility index (Phi) is 2.21. The van der Waals surface area contributed by atoms with Gasteiger partial charge in [0.05, 0.1) is 23.8 Å². The quantitative estimate of drug-likeness (QED) is 0.821. The number of rotatable bonds is 2. The molecule has 0 unspecified atom stereocenters. The fourth-order valence-electron chi connectivity index (χ4n) is 2.19. The molecule has 1 aliphatic carbocycles. The van der Waals surface area contributed by atoms with E-state index in [0.717, 1.165) is 24.2 Å². The van der Waals surface area contributed by atoms with Crippen LogP contribution < -0.4 is 11.1 Å². The van der Waals surface area contributed by atoms with Crippen molar-refractivity contribution in [3.05, 3.63) is 24.2 Å². The van der Waals surface area contributed by atoms with Crippen LogP contribution >= 0.6 is 0 Å². The highest BCUT2D eigenvalue weighted by atomic mass is 16.2. The van der Waals surface area contributed by atoms with Crippen LogP contribution in [0.25, 0.3) is 5.65 Å². The second-order valence-corrected chi connectivity index (χ2v) is 4.28. The van der Waals surface area contributed by atoms with Gasteiger partial charge in [0.2, 0.25) is 0 Å². The molecule has 3 N–H and O–H groups in total. The van der Waals surface area contributed by atoms with Crippen molar-refractivity contribution < 1.29 is 4.79 Å². The molecule has 2 heterocycles. The van der Waals surface area contributed by atoms with Crippen molar-refractivity contribution in [1.29, 1.82) is 0 Å². The van der Waals surface area contributed by atoms with Crippen LogP contribution in [-0.2, 0) is 0 Å². The Labute approximate surface area is 97.8 Å². The maximum atomic E-state index is 11.0. The monoisotopic (exact) mass is 231 g/mol. The van der Waals surface area contributed by atoms with Crippen LogP contribution in [0.3, 0.4) is 0 Å². The first kappa shape index (κ1) is 10.1. The number of hydrogen-bond donors (Lipinski definition) is 2. The number of nitrogens with one attached hydrogen (secondary N) is 1. The maximum absolute atomic E-state index is 11.0. The number of nitrogens with two attached hydrogens (primary N) is 1. The second kappa shape index (κ2) is 3.73. The Morgan fingerprint density at radius 1 is 1.53 bits per heavy atom. The number of primary amides is 1. The molecular formula is C11H13N5O. The summed E-state index contributed by atoms with van der Waals surface area (Å²) in [6.45, 7) is 0. The summed E-state index contributed by atoms with van der Waals surface area (Å²) >= 11 is 0. The Bertz CT molecular complexity index is 572. The zero-order chi connectivity index (χ0) is 11.8. The van der Waals surface area contributed by atoms with E-state index < -0.39 is 6.03 Å². The Morgan fingerprint density at radius 3 is 3.00 bits per heavy atom. The molecule has 2 aromatic rings. The van der Waals surface area contributed by atoms with Crippen molar-refractivity contribution >= 4 is 17.4 Å². The summed E-state index contributed by atoms with van der Waals surface area (Å²) in [4.78, 5) is 15.2. The summed E-state index contributed by atoms with van der Waals surface area (Å²) in [5, 5.41) is 6.87. The van der Waals surface area contributed by atoms with Gasteiger partial charge in [0.1, 0.15) is 0 Å². The lowest BCUT2D eigenvalue weighted by atomic mass is 9.82. The number of urea groups is 1. The van der Waals surface area contributed by atoms with E-state index >= 15 is 0 Å². The van der Waals surface area contributed by atoms with Crippen LogP contribution in [0.2, 0.25) is 0 Å². The predicted octanol–water partition coefficient (Wildman–Crippen LogP) is 1.49. The normalized spacial score (nSPS) is 15.8. The zero-order valence-corrected chi connectivity index (χ0v) is 9.26. The van der Waals surface area contributed by atoms with Gasteiger partial charge < -0.3 is 11.1 Å². The molecule has 1 saturated carbocycles. The number of fused-ring (bicyclic) bond motifs is 1. The highest BCUT2D eigenvalue weighted by Gasteiger charge is 2.26. The molecule has 6 nitrogen and oxygen atoms in total. The third kappa shape index (κ3) is 1.61. The molecule has 17 heavy (non-hydrogen) atoms. The highest BCUT2D eigenvalue weighted by Crippen LogP contribution is 2.39. The molecule has 0 aliphatic heterocycles. The van der Waals surface area contributed by atoms with Crippen molar-refractivity contribution in [3.8, 4) is 0 Å². The molecule has 0 radical (unpaired) electrons. The van der Waals surface area contributed by atoms with Crippen LogP contribution in [0, 0.1) is 0 Å². The van der Waals surface area contributed by atoms with E-state index in [1.807, 2.05) is 6.07 Å². The number of nitrogens with zero attached hydrogens (tertiary/aromatic N) is 3. The molecule has 3 rings (SSSR count). The largest absolute Gasteiger partial charge is 0.351 e. The van der Waals surface area contributed by atoms with Gasteiger partial charge in [-0.3, -0.25) is 0 Å². The van der Waals surface area contributed by atoms with Gasteiger partial charge >= 0.3 is 6.03 Å². The molecule has 88 valence electrons. The molecule has 0 bridgehead atoms. The number of aromatic nitrogens is 3. The number of carbonyl (C=O) groups excluding carboxylic acids is 1. The molecular weight excluding hydrogens is 218 g/mol. The van der Waals surface area contributed by atoms with E-state index in [2.05, 4.69) is 15.4 Å². The van der Waals surface area contributed by atoms with Crippen LogP contribution in [0.1, 0.15) is 30.9 Å². The topological polar surface area (TPSA) is 85.3 Å². The van der Waals surface area contributed by atoms with E-state index in [0.29, 0.717) is 11.6 Å². The molecule has 0 spiro atoms. The Morgan fingerprint density at radius 2 is 2.35 bits per heavy atom. The number of carbonyl (C=O) groups is 1. The lowest BCUT2D eigenvalue weighted by Crippen LogP contribution is -2.23. The summed E-state index contributed by atoms with van der Waals surface area (Å²) in [6.07, 6.45) is 6.80. The second-order valence-electron chi connectivity index (χ2n) is 4.28. The molecule has 0 saturated heterocycles. The summed E-state index contributed by atoms with van der Waals surface area (Å²) in [7, 11) is 0. The minimum absolute atomic E-state index is 0.433. The van der Waals surface area contributed by atoms with Crippen molar-refractivity contribution in [2.75, 3.05) is 5.32 Å². The van der Waals surface area contributed by atoms with Crippen LogP contribution in [-0.4, -0.2) is 20.6 Å². The Balaban J connectivity index is 2.15. The van der Waals surface area contributed by atoms with E-state index in [4.69, 9.17) is 5.73 Å². The third-order valence-electron chi connectivity index (χ3n) is 3.20. The van der Waals surface area contributed by atoms with Crippen molar-refractivity contribution in [2.24, 2.45) is 5.73 Å². The van der Waals surface area contributed by atoms with Gasteiger partial charge in [0.15, 0.2) is 5.65 Å². The molecule has 1 fully saturated rings. The summed E-state index contributed by atoms with van der Waals surface area (Å²) in [6, 6.07) is 1.27. The fourth-order valence-corrected chi connectivity index (χ4v) is 2.19. The molecule has 1 aliphatic rings. The molecule has 0 atom stereocenters. The minimum Gasteiger partial charge on any atom is -0.351 e. The van der Waals surface area contributed by atoms with E-state index in [9.17, 15) is 4.79 Å². The number of anilines is 1. The average Bonchev–Trinajstić information content (AvgIpc) is 2.65. The SMILES string of the molecule is NC(=O)Nc1cnc2ccnn2c1C1CCC1. The smallest absolute Gasteiger partial charge is 0.316 e. The van der Waals surface area contributed by atoms with E-state index in [1.165, 1.54) is 6.42 Å². The first-order chi connectivity index (χ1) is 8.25. The van der Waals surface area contributed by atoms with Gasteiger partial charge in [0.25, 0.3) is 0 Å². The highest BCUT2D eigenvalue weighted by molar-refractivity contribution is 5.88. The third-order valence-corrected chi connectivity index (χ3v) is 3.20. The van der Waals surface area contributed by atoms with Crippen LogP contribution in [0.5, 0.6) is 0 Å². The van der Waals surface area contributed by atoms with Crippen molar-refractivity contribution in [1.82, 2.24) is 14.6 Å². The maximum Gasteiger partial charge on any atom is 0.316 e. The predicted molar refractivity (Wildman–Crippen MR) is 62.8 cm³/mol. The zero-order valence-electron chi connectivity index (χ0n) is 9.26. The lowest BCUT2D eigenvalue weighted by Gasteiger charge is -2.27. The van der Waals surface area contributed by atoms with Gasteiger partial charge in [-0.05, 0) is 12.8 Å². The van der Waals surface area contributed by atoms with Gasteiger partial charge in [-0.1, -0.05) is 6.42 Å². The fraction of sp³-hybridized carbons (Fsp3) is 0.364. The first-order valence-electron chi connectivity index (χ1n) is 5.65. The Hall–Kier alpha value is -2.11. The van der Waals surface area contributed by atoms with Crippen LogP contribution in [0.4, 0.5) is 10.5 Å². The summed E-state index contributed by atoms with van der Waals surface area (Å²) in [5.74, 6) is 0.433. The van der Waals surface area contributed by atoms with E-state index in [1.54, 1.807) is 16.9 Å². The van der Waals surface area contributed by atoms with Gasteiger partial charge in [-0.25, -0.2) is 14.3 Å². The van der Waals surface area contributed by atoms with Gasteiger partial charge in [-0.2, -0.15) is 5.10 Å². The average molecular weight is 231 g/mol. The molecule has 0 aromatic carbocycles. The van der Waals surface area contributed by atoms with Crippen molar-refractivity contribution in [3.63, 3.8) is 0 Å². The first-order valence-corrected chi connectivity index (χ1v) is 5.65. The van der Waals surface area contributed by atoms with E-state index in [-0.39, 0.29) is 0 Å². The number of amides is 2. The summed E-state index contributed by atoms with van der Waals surface area (Å²) in [5.41, 5.74) is 7.63. The van der Waals surface area contributed by atoms with Gasteiger partial charge in [0, 0.05) is 12.0 Å². The minimum atomic E-state index is -0.570. The standard InChI is InChI=1S/C11H13N5O/c12-11(17)15-8-6-13-9-4-5-14-16(9)10(8)7-2-1-3-7/h4-7H,1-3H2,(H3,12,15,17).